The molecule has 0 spiro atoms. The van der Waals surface area contributed by atoms with Gasteiger partial charge in [0.1, 0.15) is 6.79 Å². The first-order valence-corrected chi connectivity index (χ1v) is 7.11. The molecule has 0 N–H and O–H groups in total. The summed E-state index contributed by atoms with van der Waals surface area (Å²) in [6.45, 7) is -0.101. The fourth-order valence-electron chi connectivity index (χ4n) is 1.27. The van der Waals surface area contributed by atoms with Crippen LogP contribution in [0.15, 0.2) is 0 Å². The molecule has 2 bridgehead atoms. The van der Waals surface area contributed by atoms with Crippen molar-refractivity contribution >= 4 is 18.1 Å². The molecule has 6 rings (SSSR count). The second-order valence-corrected chi connectivity index (χ2v) is 6.93. The maximum atomic E-state index is 5.25. The van der Waals surface area contributed by atoms with E-state index in [-0.39, 0.29) is 6.79 Å². The molecule has 10 heteroatoms. The Morgan fingerprint density at radius 2 is 1.64 bits per heavy atom. The summed E-state index contributed by atoms with van der Waals surface area (Å²) in [7, 11) is -3.28. The Morgan fingerprint density at radius 1 is 1.00 bits per heavy atom. The Morgan fingerprint density at radius 3 is 2.21 bits per heavy atom. The van der Waals surface area contributed by atoms with E-state index in [0.29, 0.717) is 0 Å². The van der Waals surface area contributed by atoms with Crippen LogP contribution in [0, 0.1) is 0 Å². The fourth-order valence-corrected chi connectivity index (χ4v) is 4.37. The van der Waals surface area contributed by atoms with Crippen molar-refractivity contribution in [3.8, 4) is 0 Å². The lowest BCUT2D eigenvalue weighted by Crippen LogP contribution is -2.89. The van der Waals surface area contributed by atoms with E-state index in [2.05, 4.69) is 0 Å². The smallest absolute Gasteiger partial charge is 0.354 e. The molecule has 0 amide bonds. The van der Waals surface area contributed by atoms with Crippen molar-refractivity contribution in [1.29, 1.82) is 0 Å². The zero-order valence-electron chi connectivity index (χ0n) is 7.47. The summed E-state index contributed by atoms with van der Waals surface area (Å²) >= 11 is 0. The highest BCUT2D eigenvalue weighted by molar-refractivity contribution is 6.61. The van der Waals surface area contributed by atoms with Crippen LogP contribution in [0.4, 0.5) is 0 Å². The van der Waals surface area contributed by atoms with Gasteiger partial charge in [0.2, 0.25) is 0 Å². The minimum Gasteiger partial charge on any atom is -0.354 e. The van der Waals surface area contributed by atoms with Crippen LogP contribution in [0.5, 0.6) is 0 Å². The first-order valence-electron chi connectivity index (χ1n) is 3.84. The van der Waals surface area contributed by atoms with Crippen LogP contribution in [-0.2, 0) is 35.4 Å². The number of rotatable bonds is 2. The minimum absolute atomic E-state index is 0.101. The summed E-state index contributed by atoms with van der Waals surface area (Å²) < 4.78 is 41.0. The summed E-state index contributed by atoms with van der Waals surface area (Å²) in [5.74, 6) is 0. The van der Waals surface area contributed by atoms with Crippen molar-refractivity contribution < 1.29 is 35.4 Å². The molecule has 6 aliphatic rings. The van der Waals surface area contributed by atoms with Crippen LogP contribution in [0.1, 0.15) is 0 Å². The SMILES string of the molecule is CO[Si]1(OC)OCO[Si]23OC(O1)(O2)O3. The van der Waals surface area contributed by atoms with E-state index in [1.807, 2.05) is 0 Å². The Hall–Kier alpha value is 0.114. The highest BCUT2D eigenvalue weighted by atomic mass is 28.4. The van der Waals surface area contributed by atoms with Gasteiger partial charge in [-0.1, -0.05) is 0 Å². The van der Waals surface area contributed by atoms with Gasteiger partial charge in [-0.15, -0.1) is 0 Å². The largest absolute Gasteiger partial charge is 0.698 e. The first kappa shape index (κ1) is 9.35. The maximum absolute atomic E-state index is 5.25. The van der Waals surface area contributed by atoms with Crippen molar-refractivity contribution in [3.63, 3.8) is 0 Å². The molecule has 0 saturated carbocycles. The average molecular weight is 240 g/mol. The molecule has 6 heterocycles. The highest BCUT2D eigenvalue weighted by Crippen LogP contribution is 2.54. The summed E-state index contributed by atoms with van der Waals surface area (Å²) in [5.41, 5.74) is 0. The molecule has 6 aliphatic heterocycles. The van der Waals surface area contributed by atoms with Gasteiger partial charge in [0, 0.05) is 14.2 Å². The monoisotopic (exact) mass is 240 g/mol. The summed E-state index contributed by atoms with van der Waals surface area (Å²) in [4.78, 5) is 0. The second kappa shape index (κ2) is 2.62. The molecule has 0 unspecified atom stereocenters. The standard InChI is InChI=1S/C4H8O8Si2/c1-5-13(6-2)7-3-8-14-10-4(9-13,11-14)12-14/h3H2,1-2H3. The summed E-state index contributed by atoms with van der Waals surface area (Å²) in [6, 6.07) is 0. The van der Waals surface area contributed by atoms with Crippen LogP contribution < -0.4 is 0 Å². The van der Waals surface area contributed by atoms with Gasteiger partial charge in [0.15, 0.2) is 0 Å². The fraction of sp³-hybridized carbons (Fsp3) is 1.00. The van der Waals surface area contributed by atoms with Crippen molar-refractivity contribution in [3.05, 3.63) is 0 Å². The number of hydrogen-bond donors (Lipinski definition) is 0. The molecular weight excluding hydrogens is 232 g/mol. The highest BCUT2D eigenvalue weighted by Gasteiger charge is 2.88. The van der Waals surface area contributed by atoms with Crippen molar-refractivity contribution in [2.75, 3.05) is 21.0 Å². The van der Waals surface area contributed by atoms with Crippen molar-refractivity contribution in [2.45, 2.75) is 6.16 Å². The zero-order valence-corrected chi connectivity index (χ0v) is 9.47. The Labute approximate surface area is 81.5 Å². The van der Waals surface area contributed by atoms with Gasteiger partial charge < -0.3 is 17.7 Å². The predicted molar refractivity (Wildman–Crippen MR) is 39.6 cm³/mol. The number of hydrogen-bond acceptors (Lipinski definition) is 8. The van der Waals surface area contributed by atoms with Crippen molar-refractivity contribution in [2.24, 2.45) is 0 Å². The van der Waals surface area contributed by atoms with Crippen molar-refractivity contribution in [1.82, 2.24) is 0 Å². The molecule has 8 nitrogen and oxygen atoms in total. The molecule has 0 aromatic carbocycles. The van der Waals surface area contributed by atoms with Gasteiger partial charge in [-0.05, 0) is 0 Å². The molecule has 0 aromatic rings. The van der Waals surface area contributed by atoms with Gasteiger partial charge in [-0.3, -0.25) is 17.7 Å². The molecule has 6 saturated heterocycles. The van der Waals surface area contributed by atoms with E-state index in [0.717, 1.165) is 0 Å². The lowest BCUT2D eigenvalue weighted by molar-refractivity contribution is -0.597. The molecule has 0 aromatic heterocycles. The van der Waals surface area contributed by atoms with E-state index in [1.165, 1.54) is 14.2 Å². The summed E-state index contributed by atoms with van der Waals surface area (Å²) in [5, 5.41) is 0. The van der Waals surface area contributed by atoms with Gasteiger partial charge in [0.25, 0.3) is 0 Å². The Balaban J connectivity index is 1.80. The van der Waals surface area contributed by atoms with Crippen LogP contribution in [-0.4, -0.2) is 45.3 Å². The first-order chi connectivity index (χ1) is 6.66. The van der Waals surface area contributed by atoms with E-state index in [4.69, 9.17) is 35.4 Å². The normalized spacial score (nSPS) is 48.4. The van der Waals surface area contributed by atoms with Gasteiger partial charge in [0.05, 0.1) is 0 Å². The third-order valence-corrected chi connectivity index (χ3v) is 5.91. The van der Waals surface area contributed by atoms with Crippen LogP contribution in [0.25, 0.3) is 0 Å². The van der Waals surface area contributed by atoms with Crippen LogP contribution in [0.2, 0.25) is 0 Å². The minimum atomic E-state index is -3.25. The summed E-state index contributed by atoms with van der Waals surface area (Å²) in [6.07, 6.45) is -1.51. The van der Waals surface area contributed by atoms with E-state index < -0.39 is 24.3 Å². The molecule has 6 fully saturated rings. The molecule has 0 atom stereocenters. The third kappa shape index (κ3) is 1.03. The van der Waals surface area contributed by atoms with Crippen LogP contribution >= 0.6 is 0 Å². The second-order valence-electron chi connectivity index (χ2n) is 2.72. The van der Waals surface area contributed by atoms with Gasteiger partial charge >= 0.3 is 24.3 Å². The Kier molecular flexibility index (Phi) is 1.75. The molecular formula is C4H8O8Si2. The van der Waals surface area contributed by atoms with Crippen LogP contribution in [0.3, 0.4) is 0 Å². The molecule has 14 heavy (non-hydrogen) atoms. The molecule has 0 aliphatic carbocycles. The lowest BCUT2D eigenvalue weighted by atomic mass is 11.2. The third-order valence-electron chi connectivity index (χ3n) is 1.97. The van der Waals surface area contributed by atoms with Gasteiger partial charge in [-0.2, -0.15) is 0 Å². The van der Waals surface area contributed by atoms with E-state index in [9.17, 15) is 0 Å². The topological polar surface area (TPSA) is 73.8 Å². The molecule has 80 valence electrons. The maximum Gasteiger partial charge on any atom is 0.698 e. The van der Waals surface area contributed by atoms with E-state index in [1.54, 1.807) is 0 Å². The molecule has 0 radical (unpaired) electrons. The average Bonchev–Trinajstić information content (AvgIpc) is 2.00. The quantitative estimate of drug-likeness (QED) is 0.561. The van der Waals surface area contributed by atoms with E-state index >= 15 is 0 Å². The lowest BCUT2D eigenvalue weighted by Gasteiger charge is -2.61. The predicted octanol–water partition coefficient (Wildman–Crippen LogP) is -1.14. The Bertz CT molecular complexity index is 240. The van der Waals surface area contributed by atoms with Gasteiger partial charge in [-0.25, -0.2) is 0 Å². The zero-order chi connectivity index (χ0) is 9.86.